The van der Waals surface area contributed by atoms with E-state index in [9.17, 15) is 0 Å². The summed E-state index contributed by atoms with van der Waals surface area (Å²) in [6.45, 7) is 12.8. The van der Waals surface area contributed by atoms with Crippen LogP contribution in [0.2, 0.25) is 0 Å². The van der Waals surface area contributed by atoms with Gasteiger partial charge in [0.2, 0.25) is 0 Å². The molecule has 0 fully saturated rings. The van der Waals surface area contributed by atoms with Gasteiger partial charge in [0.1, 0.15) is 5.75 Å². The van der Waals surface area contributed by atoms with Crippen molar-refractivity contribution in [3.05, 3.63) is 24.0 Å². The fourth-order valence-electron chi connectivity index (χ4n) is 2.53. The number of ether oxygens (including phenoxy) is 2. The molecule has 0 radical (unpaired) electrons. The Kier molecular flexibility index (Phi) is 7.68. The number of nitrogens with zero attached hydrogens (tertiary/aromatic N) is 1. The molecule has 1 rings (SSSR count). The molecule has 0 aliphatic heterocycles. The molecule has 0 bridgehead atoms. The molecule has 0 aliphatic rings. The third-order valence-corrected chi connectivity index (χ3v) is 3.76. The van der Waals surface area contributed by atoms with Gasteiger partial charge in [-0.2, -0.15) is 0 Å². The Hall–Kier alpha value is -1.13. The molecule has 4 heteroatoms. The summed E-state index contributed by atoms with van der Waals surface area (Å²) in [4.78, 5) is 4.32. The van der Waals surface area contributed by atoms with Crippen molar-refractivity contribution in [1.82, 2.24) is 10.3 Å². The molecule has 0 aliphatic carbocycles. The summed E-state index contributed by atoms with van der Waals surface area (Å²) >= 11 is 0. The molecule has 0 saturated heterocycles. The molecular weight excluding hydrogens is 264 g/mol. The topological polar surface area (TPSA) is 43.4 Å². The molecule has 120 valence electrons. The Morgan fingerprint density at radius 2 is 1.95 bits per heavy atom. The van der Waals surface area contributed by atoms with Crippen LogP contribution in [-0.4, -0.2) is 30.3 Å². The molecule has 1 aromatic rings. The lowest BCUT2D eigenvalue weighted by atomic mass is 9.88. The molecule has 2 atom stereocenters. The van der Waals surface area contributed by atoms with E-state index in [2.05, 4.69) is 37.1 Å². The molecule has 1 N–H and O–H groups in total. The van der Waals surface area contributed by atoms with Gasteiger partial charge >= 0.3 is 0 Å². The van der Waals surface area contributed by atoms with Crippen LogP contribution in [0.3, 0.4) is 0 Å². The van der Waals surface area contributed by atoms with Gasteiger partial charge < -0.3 is 14.8 Å². The first kappa shape index (κ1) is 17.9. The molecule has 1 heterocycles. The van der Waals surface area contributed by atoms with E-state index in [1.807, 2.05) is 20.0 Å². The fraction of sp³-hybridized carbons (Fsp3) is 0.706. The fourth-order valence-corrected chi connectivity index (χ4v) is 2.53. The van der Waals surface area contributed by atoms with E-state index in [0.29, 0.717) is 13.2 Å². The first-order chi connectivity index (χ1) is 10.1. The SMILES string of the molecule is CCCNC(c1cncc(OCC)c1)C(C)(CC)OCC. The minimum absolute atomic E-state index is 0.107. The third-order valence-electron chi connectivity index (χ3n) is 3.76. The van der Waals surface area contributed by atoms with Crippen LogP contribution in [-0.2, 0) is 4.74 Å². The van der Waals surface area contributed by atoms with Gasteiger partial charge in [-0.25, -0.2) is 0 Å². The Bertz CT molecular complexity index is 412. The van der Waals surface area contributed by atoms with Crippen molar-refractivity contribution >= 4 is 0 Å². The first-order valence-corrected chi connectivity index (χ1v) is 8.06. The molecule has 0 spiro atoms. The average molecular weight is 294 g/mol. The summed E-state index contributed by atoms with van der Waals surface area (Å²) in [5, 5.41) is 3.61. The van der Waals surface area contributed by atoms with E-state index in [0.717, 1.165) is 30.7 Å². The van der Waals surface area contributed by atoms with Crippen LogP contribution in [0.15, 0.2) is 18.5 Å². The van der Waals surface area contributed by atoms with E-state index in [1.165, 1.54) is 0 Å². The molecule has 21 heavy (non-hydrogen) atoms. The number of rotatable bonds is 10. The van der Waals surface area contributed by atoms with Crippen LogP contribution in [0.1, 0.15) is 59.1 Å². The van der Waals surface area contributed by atoms with Gasteiger partial charge in [0.25, 0.3) is 0 Å². The number of hydrogen-bond donors (Lipinski definition) is 1. The van der Waals surface area contributed by atoms with Crippen molar-refractivity contribution in [3.8, 4) is 5.75 Å². The smallest absolute Gasteiger partial charge is 0.137 e. The van der Waals surface area contributed by atoms with E-state index >= 15 is 0 Å². The van der Waals surface area contributed by atoms with Gasteiger partial charge in [-0.15, -0.1) is 0 Å². The second-order valence-corrected chi connectivity index (χ2v) is 5.37. The lowest BCUT2D eigenvalue weighted by Gasteiger charge is -2.37. The van der Waals surface area contributed by atoms with Crippen molar-refractivity contribution in [2.75, 3.05) is 19.8 Å². The minimum atomic E-state index is -0.254. The van der Waals surface area contributed by atoms with Crippen molar-refractivity contribution in [1.29, 1.82) is 0 Å². The Morgan fingerprint density at radius 3 is 2.52 bits per heavy atom. The Morgan fingerprint density at radius 1 is 1.19 bits per heavy atom. The summed E-state index contributed by atoms with van der Waals surface area (Å²) in [7, 11) is 0. The van der Waals surface area contributed by atoms with Crippen LogP contribution >= 0.6 is 0 Å². The van der Waals surface area contributed by atoms with Crippen molar-refractivity contribution in [2.24, 2.45) is 0 Å². The van der Waals surface area contributed by atoms with Crippen LogP contribution < -0.4 is 10.1 Å². The summed E-state index contributed by atoms with van der Waals surface area (Å²) in [6.07, 6.45) is 5.68. The van der Waals surface area contributed by atoms with Gasteiger partial charge in [0, 0.05) is 12.8 Å². The van der Waals surface area contributed by atoms with Crippen molar-refractivity contribution in [2.45, 2.75) is 59.1 Å². The maximum absolute atomic E-state index is 6.06. The van der Waals surface area contributed by atoms with Gasteiger partial charge in [-0.05, 0) is 51.8 Å². The highest BCUT2D eigenvalue weighted by atomic mass is 16.5. The minimum Gasteiger partial charge on any atom is -0.492 e. The standard InChI is InChI=1S/C17H30N2O2/c1-6-10-19-16(17(5,7-2)21-9-4)14-11-15(20-8-3)13-18-12-14/h11-13,16,19H,6-10H2,1-5H3. The Labute approximate surface area is 129 Å². The van der Waals surface area contributed by atoms with Gasteiger partial charge in [-0.3, -0.25) is 4.98 Å². The molecular formula is C17H30N2O2. The molecule has 1 aromatic heterocycles. The highest BCUT2D eigenvalue weighted by molar-refractivity contribution is 5.28. The predicted octanol–water partition coefficient (Wildman–Crippen LogP) is 3.73. The highest BCUT2D eigenvalue weighted by Crippen LogP contribution is 2.33. The van der Waals surface area contributed by atoms with Gasteiger partial charge in [0.05, 0.1) is 24.4 Å². The molecule has 0 saturated carbocycles. The zero-order valence-corrected chi connectivity index (χ0v) is 14.1. The van der Waals surface area contributed by atoms with Crippen LogP contribution in [0.4, 0.5) is 0 Å². The second kappa shape index (κ2) is 9.00. The van der Waals surface area contributed by atoms with E-state index < -0.39 is 0 Å². The van der Waals surface area contributed by atoms with Crippen LogP contribution in [0.5, 0.6) is 5.75 Å². The normalized spacial score (nSPS) is 15.5. The van der Waals surface area contributed by atoms with Gasteiger partial charge in [0.15, 0.2) is 0 Å². The zero-order valence-electron chi connectivity index (χ0n) is 14.1. The zero-order chi connectivity index (χ0) is 15.7. The van der Waals surface area contributed by atoms with Crippen LogP contribution in [0, 0.1) is 0 Å². The summed E-state index contributed by atoms with van der Waals surface area (Å²) in [5.41, 5.74) is 0.864. The van der Waals surface area contributed by atoms with Crippen molar-refractivity contribution < 1.29 is 9.47 Å². The lowest BCUT2D eigenvalue weighted by Crippen LogP contribution is -2.44. The molecule has 2 unspecified atom stereocenters. The monoisotopic (exact) mass is 294 g/mol. The van der Waals surface area contributed by atoms with E-state index in [4.69, 9.17) is 9.47 Å². The first-order valence-electron chi connectivity index (χ1n) is 8.06. The summed E-state index contributed by atoms with van der Waals surface area (Å²) in [5.74, 6) is 0.813. The highest BCUT2D eigenvalue weighted by Gasteiger charge is 2.34. The summed E-state index contributed by atoms with van der Waals surface area (Å²) < 4.78 is 11.6. The van der Waals surface area contributed by atoms with Crippen LogP contribution in [0.25, 0.3) is 0 Å². The predicted molar refractivity (Wildman–Crippen MR) is 86.8 cm³/mol. The lowest BCUT2D eigenvalue weighted by molar-refractivity contribution is -0.0563. The van der Waals surface area contributed by atoms with Gasteiger partial charge in [-0.1, -0.05) is 13.8 Å². The quantitative estimate of drug-likeness (QED) is 0.714. The molecule has 0 amide bonds. The maximum atomic E-state index is 6.06. The number of pyridine rings is 1. The van der Waals surface area contributed by atoms with Crippen molar-refractivity contribution in [3.63, 3.8) is 0 Å². The number of aromatic nitrogens is 1. The maximum Gasteiger partial charge on any atom is 0.137 e. The second-order valence-electron chi connectivity index (χ2n) is 5.37. The largest absolute Gasteiger partial charge is 0.492 e. The summed E-state index contributed by atoms with van der Waals surface area (Å²) in [6, 6.07) is 2.17. The van der Waals surface area contributed by atoms with E-state index in [-0.39, 0.29) is 11.6 Å². The molecule has 0 aromatic carbocycles. The number of nitrogens with one attached hydrogen (secondary N) is 1. The average Bonchev–Trinajstić information content (AvgIpc) is 2.48. The number of hydrogen-bond acceptors (Lipinski definition) is 4. The third kappa shape index (κ3) is 4.97. The molecule has 4 nitrogen and oxygen atoms in total. The van der Waals surface area contributed by atoms with E-state index in [1.54, 1.807) is 6.20 Å². The Balaban J connectivity index is 3.08.